The second kappa shape index (κ2) is 6.22. The number of hydrogen-bond acceptors (Lipinski definition) is 3. The van der Waals surface area contributed by atoms with E-state index < -0.39 is 0 Å². The number of amides is 1. The number of ether oxygens (including phenoxy) is 2. The summed E-state index contributed by atoms with van der Waals surface area (Å²) in [5, 5.41) is 4.19. The zero-order valence-corrected chi connectivity index (χ0v) is 13.4. The standard InChI is InChI=1S/C17H15ClN2O3/c1-22-11-4-6-15(16(8-11)23-2)20-17(21)13-9-19-14-5-3-10(18)7-12(13)14/h3-9,19H,1-2H3,(H,20,21). The molecule has 0 fully saturated rings. The molecule has 0 unspecified atom stereocenters. The Kier molecular flexibility index (Phi) is 4.12. The van der Waals surface area contributed by atoms with E-state index in [4.69, 9.17) is 21.1 Å². The Labute approximate surface area is 138 Å². The normalized spacial score (nSPS) is 10.6. The third-order valence-electron chi connectivity index (χ3n) is 3.55. The molecule has 0 saturated heterocycles. The number of rotatable bonds is 4. The van der Waals surface area contributed by atoms with Crippen molar-refractivity contribution in [1.82, 2.24) is 4.98 Å². The van der Waals surface area contributed by atoms with Crippen molar-refractivity contribution in [2.24, 2.45) is 0 Å². The van der Waals surface area contributed by atoms with Crippen LogP contribution in [0.5, 0.6) is 11.5 Å². The molecule has 118 valence electrons. The van der Waals surface area contributed by atoms with Gasteiger partial charge in [-0.25, -0.2) is 0 Å². The van der Waals surface area contributed by atoms with Crippen LogP contribution in [-0.2, 0) is 0 Å². The first-order valence-corrected chi connectivity index (χ1v) is 7.30. The van der Waals surface area contributed by atoms with Gasteiger partial charge in [-0.2, -0.15) is 0 Å². The van der Waals surface area contributed by atoms with E-state index in [1.807, 2.05) is 6.07 Å². The number of aromatic amines is 1. The van der Waals surface area contributed by atoms with Crippen molar-refractivity contribution in [3.05, 3.63) is 53.2 Å². The molecule has 1 heterocycles. The van der Waals surface area contributed by atoms with E-state index in [1.165, 1.54) is 7.11 Å². The van der Waals surface area contributed by atoms with Crippen molar-refractivity contribution >= 4 is 34.1 Å². The van der Waals surface area contributed by atoms with Crippen molar-refractivity contribution in [3.63, 3.8) is 0 Å². The van der Waals surface area contributed by atoms with Gasteiger partial charge in [0, 0.05) is 28.2 Å². The molecule has 0 saturated carbocycles. The molecule has 5 nitrogen and oxygen atoms in total. The molecule has 0 atom stereocenters. The van der Waals surface area contributed by atoms with E-state index in [-0.39, 0.29) is 5.91 Å². The van der Waals surface area contributed by atoms with E-state index in [2.05, 4.69) is 10.3 Å². The fraction of sp³-hybridized carbons (Fsp3) is 0.118. The first-order chi connectivity index (χ1) is 11.1. The summed E-state index contributed by atoms with van der Waals surface area (Å²) in [6, 6.07) is 10.6. The van der Waals surface area contributed by atoms with Gasteiger partial charge in [0.05, 0.1) is 25.5 Å². The van der Waals surface area contributed by atoms with Crippen LogP contribution in [0.4, 0.5) is 5.69 Å². The fourth-order valence-corrected chi connectivity index (χ4v) is 2.54. The first kappa shape index (κ1) is 15.2. The Morgan fingerprint density at radius 3 is 2.70 bits per heavy atom. The Hall–Kier alpha value is -2.66. The number of benzene rings is 2. The van der Waals surface area contributed by atoms with Crippen LogP contribution in [0.3, 0.4) is 0 Å². The minimum absolute atomic E-state index is 0.248. The number of aromatic nitrogens is 1. The van der Waals surface area contributed by atoms with Crippen LogP contribution in [0.15, 0.2) is 42.6 Å². The van der Waals surface area contributed by atoms with Gasteiger partial charge in [-0.1, -0.05) is 11.6 Å². The fourth-order valence-electron chi connectivity index (χ4n) is 2.37. The van der Waals surface area contributed by atoms with Crippen LogP contribution in [0.2, 0.25) is 5.02 Å². The lowest BCUT2D eigenvalue weighted by molar-refractivity contribution is 0.102. The highest BCUT2D eigenvalue weighted by Crippen LogP contribution is 2.30. The number of methoxy groups -OCH3 is 2. The molecule has 23 heavy (non-hydrogen) atoms. The zero-order valence-electron chi connectivity index (χ0n) is 12.6. The molecule has 0 aliphatic rings. The summed E-state index contributed by atoms with van der Waals surface area (Å²) >= 11 is 6.01. The van der Waals surface area contributed by atoms with Crippen molar-refractivity contribution in [1.29, 1.82) is 0 Å². The molecule has 0 radical (unpaired) electrons. The Morgan fingerprint density at radius 2 is 1.96 bits per heavy atom. The maximum absolute atomic E-state index is 12.6. The molecular formula is C17H15ClN2O3. The average Bonchev–Trinajstić information content (AvgIpc) is 2.98. The Morgan fingerprint density at radius 1 is 1.13 bits per heavy atom. The molecule has 6 heteroatoms. The number of H-pyrrole nitrogens is 1. The smallest absolute Gasteiger partial charge is 0.257 e. The highest BCUT2D eigenvalue weighted by molar-refractivity contribution is 6.31. The molecule has 0 spiro atoms. The number of hydrogen-bond donors (Lipinski definition) is 2. The number of carbonyl (C=O) groups excluding carboxylic acids is 1. The number of nitrogens with one attached hydrogen (secondary N) is 2. The molecular weight excluding hydrogens is 316 g/mol. The van der Waals surface area contributed by atoms with Gasteiger partial charge in [0.25, 0.3) is 5.91 Å². The van der Waals surface area contributed by atoms with Gasteiger partial charge >= 0.3 is 0 Å². The van der Waals surface area contributed by atoms with E-state index in [0.717, 1.165) is 10.9 Å². The van der Waals surface area contributed by atoms with Crippen molar-refractivity contribution in [2.75, 3.05) is 19.5 Å². The number of halogens is 1. The minimum atomic E-state index is -0.248. The van der Waals surface area contributed by atoms with Crippen molar-refractivity contribution < 1.29 is 14.3 Å². The van der Waals surface area contributed by atoms with E-state index in [0.29, 0.717) is 27.8 Å². The summed E-state index contributed by atoms with van der Waals surface area (Å²) in [4.78, 5) is 15.6. The second-order valence-corrected chi connectivity index (χ2v) is 5.35. The first-order valence-electron chi connectivity index (χ1n) is 6.92. The van der Waals surface area contributed by atoms with Gasteiger partial charge in [0.2, 0.25) is 0 Å². The zero-order chi connectivity index (χ0) is 16.4. The third-order valence-corrected chi connectivity index (χ3v) is 3.78. The molecule has 0 aliphatic carbocycles. The van der Waals surface area contributed by atoms with E-state index in [9.17, 15) is 4.79 Å². The van der Waals surface area contributed by atoms with Crippen molar-refractivity contribution in [2.45, 2.75) is 0 Å². The largest absolute Gasteiger partial charge is 0.497 e. The maximum atomic E-state index is 12.6. The minimum Gasteiger partial charge on any atom is -0.497 e. The molecule has 3 rings (SSSR count). The quantitative estimate of drug-likeness (QED) is 0.757. The molecule has 1 aromatic heterocycles. The highest BCUT2D eigenvalue weighted by Gasteiger charge is 2.15. The van der Waals surface area contributed by atoms with Crippen LogP contribution < -0.4 is 14.8 Å². The lowest BCUT2D eigenvalue weighted by Crippen LogP contribution is -2.12. The molecule has 2 aromatic carbocycles. The van der Waals surface area contributed by atoms with E-state index >= 15 is 0 Å². The van der Waals surface area contributed by atoms with Crippen LogP contribution in [0.1, 0.15) is 10.4 Å². The van der Waals surface area contributed by atoms with Crippen molar-refractivity contribution in [3.8, 4) is 11.5 Å². The highest BCUT2D eigenvalue weighted by atomic mass is 35.5. The number of carbonyl (C=O) groups is 1. The summed E-state index contributed by atoms with van der Waals surface area (Å²) < 4.78 is 10.4. The number of fused-ring (bicyclic) bond motifs is 1. The van der Waals surface area contributed by atoms with Crippen LogP contribution in [-0.4, -0.2) is 25.1 Å². The van der Waals surface area contributed by atoms with Gasteiger partial charge in [0.1, 0.15) is 11.5 Å². The number of anilines is 1. The van der Waals surface area contributed by atoms with Gasteiger partial charge < -0.3 is 19.8 Å². The predicted molar refractivity (Wildman–Crippen MR) is 90.8 cm³/mol. The Balaban J connectivity index is 1.93. The predicted octanol–water partition coefficient (Wildman–Crippen LogP) is 4.09. The van der Waals surface area contributed by atoms with Crippen LogP contribution in [0, 0.1) is 0 Å². The molecule has 0 bridgehead atoms. The lowest BCUT2D eigenvalue weighted by Gasteiger charge is -2.11. The summed E-state index contributed by atoms with van der Waals surface area (Å²) in [5.41, 5.74) is 1.93. The SMILES string of the molecule is COc1ccc(NC(=O)c2c[nH]c3ccc(Cl)cc23)c(OC)c1. The average molecular weight is 331 g/mol. The van der Waals surface area contributed by atoms with Crippen LogP contribution in [0.25, 0.3) is 10.9 Å². The van der Waals surface area contributed by atoms with Gasteiger partial charge in [-0.15, -0.1) is 0 Å². The third kappa shape index (κ3) is 2.96. The Bertz CT molecular complexity index is 873. The van der Waals surface area contributed by atoms with Gasteiger partial charge in [-0.05, 0) is 30.3 Å². The maximum Gasteiger partial charge on any atom is 0.257 e. The molecule has 2 N–H and O–H groups in total. The van der Waals surface area contributed by atoms with Gasteiger partial charge in [0.15, 0.2) is 0 Å². The summed E-state index contributed by atoms with van der Waals surface area (Å²) in [5.74, 6) is 0.927. The second-order valence-electron chi connectivity index (χ2n) is 4.91. The summed E-state index contributed by atoms with van der Waals surface area (Å²) in [6.45, 7) is 0. The summed E-state index contributed by atoms with van der Waals surface area (Å²) in [7, 11) is 3.11. The summed E-state index contributed by atoms with van der Waals surface area (Å²) in [6.07, 6.45) is 1.66. The molecule has 0 aliphatic heterocycles. The van der Waals surface area contributed by atoms with E-state index in [1.54, 1.807) is 43.6 Å². The van der Waals surface area contributed by atoms with Gasteiger partial charge in [-0.3, -0.25) is 4.79 Å². The monoisotopic (exact) mass is 330 g/mol. The molecule has 1 amide bonds. The van der Waals surface area contributed by atoms with Crippen LogP contribution >= 0.6 is 11.6 Å². The molecule has 3 aromatic rings. The lowest BCUT2D eigenvalue weighted by atomic mass is 10.1. The topological polar surface area (TPSA) is 63.3 Å².